The summed E-state index contributed by atoms with van der Waals surface area (Å²) in [4.78, 5) is 15.8. The summed E-state index contributed by atoms with van der Waals surface area (Å²) in [6, 6.07) is -1.01. The molecule has 0 saturated heterocycles. The van der Waals surface area contributed by atoms with Crippen LogP contribution < -0.4 is 16.2 Å². The monoisotopic (exact) mass is 317 g/mol. The Morgan fingerprint density at radius 1 is 1.50 bits per heavy atom. The van der Waals surface area contributed by atoms with Crippen molar-refractivity contribution in [2.45, 2.75) is 24.9 Å². The second-order valence-electron chi connectivity index (χ2n) is 4.60. The standard InChI is InChI=1S/C10H15N5O3S2/c1-5(2)6(8(12)16)14-20(17,18)9-7(11)13-10-15(9)3-4-19-10/h3-6,14H,11H2,1-2H3,(H2,12,16). The minimum absolute atomic E-state index is 0.115. The van der Waals surface area contributed by atoms with Crippen molar-refractivity contribution in [3.8, 4) is 0 Å². The van der Waals surface area contributed by atoms with E-state index in [4.69, 9.17) is 11.5 Å². The number of rotatable bonds is 5. The molecule has 0 aliphatic rings. The maximum Gasteiger partial charge on any atom is 0.261 e. The van der Waals surface area contributed by atoms with Gasteiger partial charge in [-0.1, -0.05) is 13.8 Å². The van der Waals surface area contributed by atoms with E-state index >= 15 is 0 Å². The van der Waals surface area contributed by atoms with Gasteiger partial charge in [-0.2, -0.15) is 4.72 Å². The Hall–Kier alpha value is -1.65. The van der Waals surface area contributed by atoms with Crippen LogP contribution in [-0.2, 0) is 14.8 Å². The highest BCUT2D eigenvalue weighted by Gasteiger charge is 2.31. The third-order valence-electron chi connectivity index (χ3n) is 2.75. The number of carbonyl (C=O) groups is 1. The summed E-state index contributed by atoms with van der Waals surface area (Å²) in [6.45, 7) is 3.38. The van der Waals surface area contributed by atoms with Crippen molar-refractivity contribution in [2.75, 3.05) is 5.73 Å². The Labute approximate surface area is 119 Å². The molecule has 1 amide bonds. The van der Waals surface area contributed by atoms with Crippen molar-refractivity contribution in [3.05, 3.63) is 11.6 Å². The second-order valence-corrected chi connectivity index (χ2v) is 7.11. The highest BCUT2D eigenvalue weighted by atomic mass is 32.2. The molecule has 0 radical (unpaired) electrons. The topological polar surface area (TPSA) is 133 Å². The minimum Gasteiger partial charge on any atom is -0.381 e. The summed E-state index contributed by atoms with van der Waals surface area (Å²) >= 11 is 1.26. The predicted molar refractivity (Wildman–Crippen MR) is 75.6 cm³/mol. The molecular weight excluding hydrogens is 302 g/mol. The van der Waals surface area contributed by atoms with Gasteiger partial charge in [0.2, 0.25) is 5.91 Å². The van der Waals surface area contributed by atoms with Crippen LogP contribution in [0.5, 0.6) is 0 Å². The molecular formula is C10H15N5O3S2. The second kappa shape index (κ2) is 5.04. The maximum absolute atomic E-state index is 12.4. The fourth-order valence-electron chi connectivity index (χ4n) is 1.79. The van der Waals surface area contributed by atoms with Crippen LogP contribution in [0.1, 0.15) is 13.8 Å². The molecule has 8 nitrogen and oxygen atoms in total. The Balaban J connectivity index is 2.47. The minimum atomic E-state index is -4.00. The van der Waals surface area contributed by atoms with Gasteiger partial charge in [0.25, 0.3) is 10.0 Å². The van der Waals surface area contributed by atoms with E-state index in [1.54, 1.807) is 25.4 Å². The molecule has 0 aliphatic carbocycles. The highest BCUT2D eigenvalue weighted by Crippen LogP contribution is 2.23. The lowest BCUT2D eigenvalue weighted by molar-refractivity contribution is -0.120. The SMILES string of the molecule is CC(C)C(NS(=O)(=O)c1c(N)nc2sccn12)C(N)=O. The smallest absolute Gasteiger partial charge is 0.261 e. The molecule has 2 heterocycles. The Bertz CT molecular complexity index is 746. The third kappa shape index (κ3) is 2.49. The van der Waals surface area contributed by atoms with Crippen LogP contribution in [0.25, 0.3) is 4.96 Å². The third-order valence-corrected chi connectivity index (χ3v) is 4.99. The van der Waals surface area contributed by atoms with Crippen molar-refractivity contribution in [2.24, 2.45) is 11.7 Å². The molecule has 20 heavy (non-hydrogen) atoms. The summed E-state index contributed by atoms with van der Waals surface area (Å²) in [6.07, 6.45) is 1.55. The van der Waals surface area contributed by atoms with Crippen molar-refractivity contribution in [1.29, 1.82) is 0 Å². The first-order chi connectivity index (χ1) is 9.24. The summed E-state index contributed by atoms with van der Waals surface area (Å²) < 4.78 is 28.4. The maximum atomic E-state index is 12.4. The summed E-state index contributed by atoms with van der Waals surface area (Å²) in [5, 5.41) is 1.51. The number of nitrogens with two attached hydrogens (primary N) is 2. The van der Waals surface area contributed by atoms with Gasteiger partial charge in [0, 0.05) is 11.6 Å². The first kappa shape index (κ1) is 14.8. The van der Waals surface area contributed by atoms with E-state index in [9.17, 15) is 13.2 Å². The van der Waals surface area contributed by atoms with Crippen molar-refractivity contribution >= 4 is 38.0 Å². The van der Waals surface area contributed by atoms with E-state index in [-0.39, 0.29) is 16.8 Å². The van der Waals surface area contributed by atoms with Gasteiger partial charge in [-0.25, -0.2) is 13.4 Å². The van der Waals surface area contributed by atoms with Crippen LogP contribution in [0, 0.1) is 5.92 Å². The van der Waals surface area contributed by atoms with Gasteiger partial charge in [-0.05, 0) is 5.92 Å². The van der Waals surface area contributed by atoms with Gasteiger partial charge in [0.05, 0.1) is 0 Å². The largest absolute Gasteiger partial charge is 0.381 e. The predicted octanol–water partition coefficient (Wildman–Crippen LogP) is -0.234. The number of anilines is 1. The number of amides is 1. The zero-order valence-corrected chi connectivity index (χ0v) is 12.5. The van der Waals surface area contributed by atoms with Crippen LogP contribution >= 0.6 is 11.3 Å². The number of sulfonamides is 1. The number of nitrogens with one attached hydrogen (secondary N) is 1. The highest BCUT2D eigenvalue weighted by molar-refractivity contribution is 7.89. The first-order valence-corrected chi connectivity index (χ1v) is 8.13. The van der Waals surface area contributed by atoms with Crippen molar-refractivity contribution < 1.29 is 13.2 Å². The molecule has 110 valence electrons. The van der Waals surface area contributed by atoms with Crippen LogP contribution in [-0.4, -0.2) is 29.8 Å². The molecule has 5 N–H and O–H groups in total. The summed E-state index contributed by atoms with van der Waals surface area (Å²) in [5.41, 5.74) is 10.9. The Morgan fingerprint density at radius 2 is 2.15 bits per heavy atom. The number of hydrogen-bond donors (Lipinski definition) is 3. The number of primary amides is 1. The number of nitrogen functional groups attached to an aromatic ring is 1. The average Bonchev–Trinajstić information content (AvgIpc) is 2.84. The summed E-state index contributed by atoms with van der Waals surface area (Å²) in [5.74, 6) is -1.14. The zero-order valence-electron chi connectivity index (χ0n) is 10.9. The van der Waals surface area contributed by atoms with Crippen LogP contribution in [0.3, 0.4) is 0 Å². The first-order valence-electron chi connectivity index (χ1n) is 5.76. The van der Waals surface area contributed by atoms with Gasteiger partial charge in [0.15, 0.2) is 15.8 Å². The Kier molecular flexibility index (Phi) is 3.71. The fourth-order valence-corrected chi connectivity index (χ4v) is 4.13. The molecule has 0 aromatic carbocycles. The number of fused-ring (bicyclic) bond motifs is 1. The van der Waals surface area contributed by atoms with Gasteiger partial charge in [0.1, 0.15) is 6.04 Å². The molecule has 10 heteroatoms. The normalized spacial score (nSPS) is 13.9. The Morgan fingerprint density at radius 3 is 2.70 bits per heavy atom. The number of thiazole rings is 1. The lowest BCUT2D eigenvalue weighted by Gasteiger charge is -2.18. The number of carbonyl (C=O) groups excluding carboxylic acids is 1. The molecule has 0 saturated carbocycles. The zero-order chi connectivity index (χ0) is 15.1. The van der Waals surface area contributed by atoms with E-state index in [2.05, 4.69) is 9.71 Å². The van der Waals surface area contributed by atoms with Crippen LogP contribution in [0.4, 0.5) is 5.82 Å². The van der Waals surface area contributed by atoms with Crippen LogP contribution in [0.2, 0.25) is 0 Å². The van der Waals surface area contributed by atoms with Gasteiger partial charge in [-0.3, -0.25) is 9.20 Å². The van der Waals surface area contributed by atoms with Crippen molar-refractivity contribution in [1.82, 2.24) is 14.1 Å². The molecule has 0 spiro atoms. The molecule has 2 rings (SSSR count). The van der Waals surface area contributed by atoms with Gasteiger partial charge in [-0.15, -0.1) is 11.3 Å². The molecule has 1 unspecified atom stereocenters. The number of hydrogen-bond acceptors (Lipinski definition) is 6. The lowest BCUT2D eigenvalue weighted by atomic mass is 10.1. The average molecular weight is 317 g/mol. The molecule has 0 bridgehead atoms. The number of aromatic nitrogens is 2. The van der Waals surface area contributed by atoms with Gasteiger partial charge >= 0.3 is 0 Å². The van der Waals surface area contributed by atoms with E-state index in [1.807, 2.05) is 0 Å². The number of imidazole rings is 1. The van der Waals surface area contributed by atoms with E-state index in [0.29, 0.717) is 4.96 Å². The van der Waals surface area contributed by atoms with E-state index in [1.165, 1.54) is 15.7 Å². The lowest BCUT2D eigenvalue weighted by Crippen LogP contribution is -2.47. The molecule has 0 aliphatic heterocycles. The molecule has 1 atom stereocenters. The van der Waals surface area contributed by atoms with E-state index in [0.717, 1.165) is 0 Å². The van der Waals surface area contributed by atoms with Crippen LogP contribution in [0.15, 0.2) is 16.6 Å². The quantitative estimate of drug-likeness (QED) is 0.700. The summed E-state index contributed by atoms with van der Waals surface area (Å²) in [7, 11) is -4.00. The molecule has 2 aromatic rings. The number of nitrogens with zero attached hydrogens (tertiary/aromatic N) is 2. The van der Waals surface area contributed by atoms with Crippen molar-refractivity contribution in [3.63, 3.8) is 0 Å². The fraction of sp³-hybridized carbons (Fsp3) is 0.400. The molecule has 2 aromatic heterocycles. The van der Waals surface area contributed by atoms with E-state index < -0.39 is 22.0 Å². The van der Waals surface area contributed by atoms with Gasteiger partial charge < -0.3 is 11.5 Å². The molecule has 0 fully saturated rings.